The highest BCUT2D eigenvalue weighted by Gasteiger charge is 2.16. The predicted molar refractivity (Wildman–Crippen MR) is 210 cm³/mol. The van der Waals surface area contributed by atoms with Gasteiger partial charge in [-0.3, -0.25) is 4.79 Å². The molecule has 4 aromatic rings. The normalized spacial score (nSPS) is 10.6. The molecule has 0 saturated carbocycles. The summed E-state index contributed by atoms with van der Waals surface area (Å²) in [4.78, 5) is 47.5. The van der Waals surface area contributed by atoms with Gasteiger partial charge in [0.25, 0.3) is 5.78 Å². The highest BCUT2D eigenvalue weighted by atomic mass is 16.6. The molecule has 0 spiro atoms. The summed E-state index contributed by atoms with van der Waals surface area (Å²) in [5, 5.41) is 9.03. The van der Waals surface area contributed by atoms with Gasteiger partial charge >= 0.3 is 17.9 Å². The van der Waals surface area contributed by atoms with E-state index in [2.05, 4.69) is 19.7 Å². The molecule has 0 atom stereocenters. The van der Waals surface area contributed by atoms with Gasteiger partial charge in [-0.15, -0.1) is 0 Å². The number of aryl methyl sites for hydroxylation is 1. The van der Waals surface area contributed by atoms with Crippen LogP contribution in [-0.2, 0) is 51.0 Å². The average Bonchev–Trinajstić information content (AvgIpc) is 3.20. The number of carbonyl (C=O) groups excluding carboxylic acids is 4. The number of ketones is 1. The van der Waals surface area contributed by atoms with E-state index < -0.39 is 30.3 Å². The van der Waals surface area contributed by atoms with Gasteiger partial charge in [0, 0.05) is 19.1 Å². The van der Waals surface area contributed by atoms with Gasteiger partial charge in [-0.25, -0.2) is 14.4 Å². The summed E-state index contributed by atoms with van der Waals surface area (Å²) in [6.45, 7) is 12.2. The highest BCUT2D eigenvalue weighted by Crippen LogP contribution is 2.36. The minimum Gasteiger partial charge on any atom is -0.489 e. The van der Waals surface area contributed by atoms with E-state index in [0.717, 1.165) is 50.9 Å². The van der Waals surface area contributed by atoms with E-state index in [-0.39, 0.29) is 49.8 Å². The van der Waals surface area contributed by atoms with Gasteiger partial charge in [0.05, 0.1) is 37.6 Å². The zero-order valence-electron chi connectivity index (χ0n) is 31.3. The van der Waals surface area contributed by atoms with Gasteiger partial charge in [-0.05, 0) is 76.4 Å². The highest BCUT2D eigenvalue weighted by molar-refractivity contribution is 6.40. The van der Waals surface area contributed by atoms with Crippen LogP contribution < -0.4 is 4.74 Å². The number of carbonyl (C=O) groups is 4. The molecular weight excluding hydrogens is 700 g/mol. The monoisotopic (exact) mass is 746 g/mol. The molecule has 0 fully saturated rings. The molecule has 0 aliphatic heterocycles. The Morgan fingerprint density at radius 2 is 1.09 bits per heavy atom. The fraction of sp³-hybridized carbons (Fsp3) is 0.244. The molecule has 0 bridgehead atoms. The van der Waals surface area contributed by atoms with Gasteiger partial charge in [-0.2, -0.15) is 0 Å². The molecule has 0 heterocycles. The smallest absolute Gasteiger partial charge is 0.379 e. The van der Waals surface area contributed by atoms with Gasteiger partial charge in [0.15, 0.2) is 0 Å². The summed E-state index contributed by atoms with van der Waals surface area (Å²) in [5.41, 5.74) is 8.19. The van der Waals surface area contributed by atoms with Crippen molar-refractivity contribution < 1.29 is 48.0 Å². The van der Waals surface area contributed by atoms with E-state index in [9.17, 15) is 19.2 Å². The van der Waals surface area contributed by atoms with Crippen LogP contribution in [0.4, 0.5) is 0 Å². The third kappa shape index (κ3) is 12.5. The minimum absolute atomic E-state index is 0.0205. The quantitative estimate of drug-likeness (QED) is 0.0310. The van der Waals surface area contributed by atoms with Crippen LogP contribution in [-0.4, -0.2) is 75.5 Å². The van der Waals surface area contributed by atoms with Crippen molar-refractivity contribution in [1.82, 2.24) is 0 Å². The van der Waals surface area contributed by atoms with Gasteiger partial charge in [0.1, 0.15) is 19.0 Å². The number of ether oxygens (including phenoxy) is 5. The number of aliphatic hydroxyl groups excluding tert-OH is 1. The number of esters is 3. The van der Waals surface area contributed by atoms with Crippen LogP contribution >= 0.6 is 0 Å². The van der Waals surface area contributed by atoms with Crippen LogP contribution in [0.25, 0.3) is 33.4 Å². The lowest BCUT2D eigenvalue weighted by atomic mass is 9.95. The van der Waals surface area contributed by atoms with Crippen LogP contribution in [0, 0.1) is 0 Å². The Hall–Kier alpha value is -6.10. The SMILES string of the molecule is C=C(C)C(=O)C(=O)OCCOc1ccc(-c2ccc(CCCOC(=O)C(=C)COC)cc2)cc1-c1ccc(-c2ccc(CCOC(=O)C(=C)CO)cc2)cc1. The molecule has 0 amide bonds. The van der Waals surface area contributed by atoms with Gasteiger partial charge < -0.3 is 28.8 Å². The standard InChI is InChI=1S/C45H46O10/c1-30(2)42(47)45(50)55-26-25-52-41-21-20-39(37-14-8-33(9-15-37)7-6-23-53-44(49)32(4)29-51-5)27-40(41)38-18-16-36(17-19-38)35-12-10-34(11-13-35)22-24-54-43(48)31(3)28-46/h8-21,27,46H,1,3-4,6-7,22-26,28-29H2,2,5H3. The molecule has 4 rings (SSSR count). The summed E-state index contributed by atoms with van der Waals surface area (Å²) in [5.74, 6) is -2.23. The summed E-state index contributed by atoms with van der Waals surface area (Å²) in [6, 6.07) is 30.1. The molecule has 10 nitrogen and oxygen atoms in total. The zero-order valence-corrected chi connectivity index (χ0v) is 31.3. The van der Waals surface area contributed by atoms with Crippen LogP contribution in [0.3, 0.4) is 0 Å². The van der Waals surface area contributed by atoms with Gasteiger partial charge in [-0.1, -0.05) is 98.6 Å². The molecule has 0 radical (unpaired) electrons. The van der Waals surface area contributed by atoms with Crippen LogP contribution in [0.2, 0.25) is 0 Å². The van der Waals surface area contributed by atoms with E-state index in [0.29, 0.717) is 18.6 Å². The Kier molecular flexibility index (Phi) is 15.9. The lowest BCUT2D eigenvalue weighted by molar-refractivity contribution is -0.152. The third-order valence-electron chi connectivity index (χ3n) is 8.45. The molecule has 286 valence electrons. The fourth-order valence-corrected chi connectivity index (χ4v) is 5.36. The predicted octanol–water partition coefficient (Wildman–Crippen LogP) is 7.07. The maximum atomic E-state index is 12.0. The molecular formula is C45H46O10. The van der Waals surface area contributed by atoms with Crippen LogP contribution in [0.15, 0.2) is 127 Å². The summed E-state index contributed by atoms with van der Waals surface area (Å²) < 4.78 is 26.5. The number of benzene rings is 4. The molecule has 10 heteroatoms. The molecule has 0 aliphatic rings. The molecule has 4 aromatic carbocycles. The van der Waals surface area contributed by atoms with Crippen molar-refractivity contribution in [2.45, 2.75) is 26.2 Å². The molecule has 55 heavy (non-hydrogen) atoms. The topological polar surface area (TPSA) is 135 Å². The van der Waals surface area contributed by atoms with E-state index in [1.165, 1.54) is 14.0 Å². The van der Waals surface area contributed by atoms with Crippen molar-refractivity contribution in [2.24, 2.45) is 0 Å². The number of methoxy groups -OCH3 is 1. The Bertz CT molecular complexity index is 1990. The lowest BCUT2D eigenvalue weighted by Gasteiger charge is -2.15. The number of hydrogen-bond donors (Lipinski definition) is 1. The zero-order chi connectivity index (χ0) is 39.7. The fourth-order valence-electron chi connectivity index (χ4n) is 5.36. The first-order valence-corrected chi connectivity index (χ1v) is 17.7. The van der Waals surface area contributed by atoms with Crippen molar-refractivity contribution in [3.8, 4) is 39.1 Å². The van der Waals surface area contributed by atoms with Crippen molar-refractivity contribution >= 4 is 23.7 Å². The van der Waals surface area contributed by atoms with E-state index in [1.54, 1.807) is 0 Å². The van der Waals surface area contributed by atoms with E-state index >= 15 is 0 Å². The second kappa shape index (κ2) is 21.0. The van der Waals surface area contributed by atoms with Crippen LogP contribution in [0.5, 0.6) is 5.75 Å². The van der Waals surface area contributed by atoms with Crippen molar-refractivity contribution in [3.63, 3.8) is 0 Å². The maximum absolute atomic E-state index is 12.0. The summed E-state index contributed by atoms with van der Waals surface area (Å²) in [6.07, 6.45) is 1.92. The van der Waals surface area contributed by atoms with Crippen molar-refractivity contribution in [2.75, 3.05) is 46.8 Å². The van der Waals surface area contributed by atoms with E-state index in [4.69, 9.17) is 28.8 Å². The summed E-state index contributed by atoms with van der Waals surface area (Å²) in [7, 11) is 1.50. The second-order valence-electron chi connectivity index (χ2n) is 12.7. The largest absolute Gasteiger partial charge is 0.489 e. The first-order valence-electron chi connectivity index (χ1n) is 17.7. The lowest BCUT2D eigenvalue weighted by Crippen LogP contribution is -2.20. The second-order valence-corrected chi connectivity index (χ2v) is 12.7. The van der Waals surface area contributed by atoms with Crippen molar-refractivity contribution in [1.29, 1.82) is 0 Å². The average molecular weight is 747 g/mol. The Labute approximate surface area is 321 Å². The number of hydrogen-bond acceptors (Lipinski definition) is 10. The molecule has 1 N–H and O–H groups in total. The first-order chi connectivity index (χ1) is 26.5. The first kappa shape index (κ1) is 41.7. The van der Waals surface area contributed by atoms with Crippen LogP contribution in [0.1, 0.15) is 24.5 Å². The minimum atomic E-state index is -0.972. The Morgan fingerprint density at radius 1 is 0.582 bits per heavy atom. The maximum Gasteiger partial charge on any atom is 0.379 e. The third-order valence-corrected chi connectivity index (χ3v) is 8.45. The van der Waals surface area contributed by atoms with Crippen molar-refractivity contribution in [3.05, 3.63) is 139 Å². The Balaban J connectivity index is 1.47. The number of rotatable bonds is 21. The molecule has 0 aliphatic carbocycles. The summed E-state index contributed by atoms with van der Waals surface area (Å²) >= 11 is 0. The molecule has 0 saturated heterocycles. The number of Topliss-reactive ketones (excluding diaryl/α,β-unsaturated/α-hetero) is 1. The molecule has 0 unspecified atom stereocenters. The van der Waals surface area contributed by atoms with Gasteiger partial charge in [0.2, 0.25) is 0 Å². The number of aliphatic hydroxyl groups is 1. The van der Waals surface area contributed by atoms with E-state index in [1.807, 2.05) is 91.0 Å². The Morgan fingerprint density at radius 3 is 1.69 bits per heavy atom. The molecule has 0 aromatic heterocycles.